The van der Waals surface area contributed by atoms with Crippen LogP contribution >= 0.6 is 11.3 Å². The molecule has 0 radical (unpaired) electrons. The largest absolute Gasteiger partial charge is 0.495 e. The fourth-order valence-electron chi connectivity index (χ4n) is 4.78. The molecule has 2 aromatic heterocycles. The third-order valence-corrected chi connectivity index (χ3v) is 7.76. The van der Waals surface area contributed by atoms with Crippen LogP contribution in [-0.4, -0.2) is 71.7 Å². The van der Waals surface area contributed by atoms with E-state index in [0.29, 0.717) is 42.4 Å². The Labute approximate surface area is 202 Å². The number of methoxy groups -OCH3 is 1. The quantitative estimate of drug-likeness (QED) is 0.552. The van der Waals surface area contributed by atoms with E-state index in [-0.39, 0.29) is 18.0 Å². The van der Waals surface area contributed by atoms with Gasteiger partial charge in [0.2, 0.25) is 5.91 Å². The molecule has 10 heteroatoms. The number of para-hydroxylation sites is 2. The van der Waals surface area contributed by atoms with Crippen LogP contribution in [0.25, 0.3) is 10.3 Å². The number of carbonyl (C=O) groups is 1. The number of ether oxygens (including phenoxy) is 1. The molecule has 34 heavy (non-hydrogen) atoms. The average Bonchev–Trinajstić information content (AvgIpc) is 3.31. The Morgan fingerprint density at radius 2 is 1.94 bits per heavy atom. The molecule has 5 rings (SSSR count). The zero-order chi connectivity index (χ0) is 23.7. The molecule has 180 valence electrons. The molecule has 0 N–H and O–H groups in total. The van der Waals surface area contributed by atoms with Crippen LogP contribution in [0.1, 0.15) is 19.8 Å². The van der Waals surface area contributed by atoms with Crippen LogP contribution < -0.4 is 20.1 Å². The number of piperazine rings is 1. The van der Waals surface area contributed by atoms with Gasteiger partial charge in [-0.2, -0.15) is 4.98 Å². The minimum Gasteiger partial charge on any atom is -0.495 e. The maximum atomic E-state index is 13.1. The second kappa shape index (κ2) is 9.61. The number of piperidine rings is 1. The van der Waals surface area contributed by atoms with Crippen molar-refractivity contribution < 1.29 is 9.53 Å². The fourth-order valence-corrected chi connectivity index (χ4v) is 5.78. The summed E-state index contributed by atoms with van der Waals surface area (Å²) in [6.45, 7) is 6.76. The average molecular weight is 483 g/mol. The van der Waals surface area contributed by atoms with Crippen molar-refractivity contribution in [1.82, 2.24) is 19.4 Å². The minimum atomic E-state index is -0.195. The highest BCUT2D eigenvalue weighted by molar-refractivity contribution is 7.22. The fraction of sp³-hybridized carbons (Fsp3) is 0.500. The molecular weight excluding hydrogens is 452 g/mol. The first-order valence-electron chi connectivity index (χ1n) is 11.8. The normalized spacial score (nSPS) is 19.0. The molecular formula is C24H30N6O3S. The number of aromatic nitrogens is 3. The molecule has 1 atom stereocenters. The lowest BCUT2D eigenvalue weighted by Crippen LogP contribution is -2.50. The van der Waals surface area contributed by atoms with Crippen LogP contribution in [0.3, 0.4) is 0 Å². The van der Waals surface area contributed by atoms with Gasteiger partial charge in [0.05, 0.1) is 12.8 Å². The maximum Gasteiger partial charge on any atom is 0.273 e. The van der Waals surface area contributed by atoms with Gasteiger partial charge in [0.1, 0.15) is 23.3 Å². The second-order valence-electron chi connectivity index (χ2n) is 9.06. The van der Waals surface area contributed by atoms with Gasteiger partial charge in [-0.25, -0.2) is 4.98 Å². The van der Waals surface area contributed by atoms with E-state index in [1.54, 1.807) is 7.11 Å². The second-order valence-corrected chi connectivity index (χ2v) is 10.0. The van der Waals surface area contributed by atoms with Gasteiger partial charge in [-0.1, -0.05) is 30.4 Å². The topological polar surface area (TPSA) is 83.8 Å². The number of nitrogens with zero attached hydrogens (tertiary/aromatic N) is 6. The molecule has 2 aliphatic rings. The summed E-state index contributed by atoms with van der Waals surface area (Å²) in [7, 11) is 1.67. The Hall–Kier alpha value is -3.14. The molecule has 3 aromatic rings. The molecule has 0 aliphatic carbocycles. The Bertz CT molecular complexity index is 1230. The Kier molecular flexibility index (Phi) is 6.40. The summed E-state index contributed by atoms with van der Waals surface area (Å²) in [6, 6.07) is 7.91. The number of thiazole rings is 1. The first-order valence-corrected chi connectivity index (χ1v) is 12.6. The van der Waals surface area contributed by atoms with Crippen molar-refractivity contribution in [3.05, 3.63) is 40.9 Å². The first-order chi connectivity index (χ1) is 16.5. The minimum absolute atomic E-state index is 0.00951. The first kappa shape index (κ1) is 22.6. The van der Waals surface area contributed by atoms with E-state index >= 15 is 0 Å². The molecule has 9 nitrogen and oxygen atoms in total. The molecule has 2 fully saturated rings. The van der Waals surface area contributed by atoms with Crippen LogP contribution in [0.15, 0.2) is 35.4 Å². The number of rotatable bonds is 5. The predicted molar refractivity (Wildman–Crippen MR) is 134 cm³/mol. The Morgan fingerprint density at radius 1 is 1.15 bits per heavy atom. The van der Waals surface area contributed by atoms with Gasteiger partial charge >= 0.3 is 0 Å². The predicted octanol–water partition coefficient (Wildman–Crippen LogP) is 2.45. The Balaban J connectivity index is 1.26. The standard InChI is InChI=1S/C24H30N6O3S/c1-17-6-5-9-29(14-17)24-26-22-21(34-24)23(32)30(16-25-22)15-20(31)28-12-10-27(11-13-28)18-7-3-4-8-19(18)33-2/h3-4,7-8,16-17H,5-6,9-15H2,1-2H3/t17-/m1/s1. The van der Waals surface area contributed by atoms with E-state index in [9.17, 15) is 9.59 Å². The molecule has 0 spiro atoms. The molecule has 1 amide bonds. The number of benzene rings is 1. The van der Waals surface area contributed by atoms with Gasteiger partial charge in [0, 0.05) is 39.3 Å². The highest BCUT2D eigenvalue weighted by Crippen LogP contribution is 2.30. The van der Waals surface area contributed by atoms with Crippen LogP contribution in [0.4, 0.5) is 10.8 Å². The third-order valence-electron chi connectivity index (χ3n) is 6.66. The molecule has 0 unspecified atom stereocenters. The number of fused-ring (bicyclic) bond motifs is 1. The number of hydrogen-bond donors (Lipinski definition) is 0. The van der Waals surface area contributed by atoms with Crippen LogP contribution in [0.5, 0.6) is 5.75 Å². The highest BCUT2D eigenvalue weighted by atomic mass is 32.1. The number of anilines is 2. The van der Waals surface area contributed by atoms with Crippen molar-refractivity contribution in [2.24, 2.45) is 5.92 Å². The molecule has 0 bridgehead atoms. The van der Waals surface area contributed by atoms with Gasteiger partial charge in [-0.05, 0) is 30.9 Å². The highest BCUT2D eigenvalue weighted by Gasteiger charge is 2.25. The van der Waals surface area contributed by atoms with Gasteiger partial charge in [-0.3, -0.25) is 14.2 Å². The lowest BCUT2D eigenvalue weighted by atomic mass is 10.0. The van der Waals surface area contributed by atoms with Crippen molar-refractivity contribution in [2.75, 3.05) is 56.2 Å². The smallest absolute Gasteiger partial charge is 0.273 e. The summed E-state index contributed by atoms with van der Waals surface area (Å²) in [5, 5.41) is 0.850. The van der Waals surface area contributed by atoms with E-state index in [1.807, 2.05) is 29.2 Å². The summed E-state index contributed by atoms with van der Waals surface area (Å²) in [5.74, 6) is 1.38. The Morgan fingerprint density at radius 3 is 2.71 bits per heavy atom. The molecule has 2 aliphatic heterocycles. The van der Waals surface area contributed by atoms with E-state index < -0.39 is 0 Å². The summed E-state index contributed by atoms with van der Waals surface area (Å²) in [6.07, 6.45) is 3.81. The van der Waals surface area contributed by atoms with Gasteiger partial charge in [-0.15, -0.1) is 0 Å². The van der Waals surface area contributed by atoms with Crippen molar-refractivity contribution >= 4 is 38.4 Å². The van der Waals surface area contributed by atoms with E-state index in [0.717, 1.165) is 36.1 Å². The number of carbonyl (C=O) groups excluding carboxylic acids is 1. The van der Waals surface area contributed by atoms with Crippen molar-refractivity contribution in [2.45, 2.75) is 26.3 Å². The summed E-state index contributed by atoms with van der Waals surface area (Å²) < 4.78 is 7.40. The van der Waals surface area contributed by atoms with Crippen molar-refractivity contribution in [3.8, 4) is 5.75 Å². The SMILES string of the molecule is COc1ccccc1N1CCN(C(=O)Cn2cnc3nc(N4CCC[C@@H](C)C4)sc3c2=O)CC1. The number of hydrogen-bond acceptors (Lipinski definition) is 8. The summed E-state index contributed by atoms with van der Waals surface area (Å²) in [5.41, 5.74) is 1.31. The van der Waals surface area contributed by atoms with Gasteiger partial charge in [0.25, 0.3) is 5.56 Å². The molecule has 0 saturated carbocycles. The monoisotopic (exact) mass is 482 g/mol. The molecule has 2 saturated heterocycles. The van der Waals surface area contributed by atoms with Gasteiger partial charge in [0.15, 0.2) is 10.8 Å². The zero-order valence-corrected chi connectivity index (χ0v) is 20.5. The summed E-state index contributed by atoms with van der Waals surface area (Å²) in [4.78, 5) is 41.4. The van der Waals surface area contributed by atoms with Gasteiger partial charge < -0.3 is 19.4 Å². The maximum absolute atomic E-state index is 13.1. The van der Waals surface area contributed by atoms with E-state index in [4.69, 9.17) is 4.74 Å². The lowest BCUT2D eigenvalue weighted by Gasteiger charge is -2.36. The van der Waals surface area contributed by atoms with Crippen molar-refractivity contribution in [3.63, 3.8) is 0 Å². The summed E-state index contributed by atoms with van der Waals surface area (Å²) >= 11 is 1.39. The van der Waals surface area contributed by atoms with Crippen molar-refractivity contribution in [1.29, 1.82) is 0 Å². The van der Waals surface area contributed by atoms with Crippen LogP contribution in [0.2, 0.25) is 0 Å². The molecule has 1 aromatic carbocycles. The van der Waals surface area contributed by atoms with Crippen LogP contribution in [0, 0.1) is 5.92 Å². The number of amides is 1. The third kappa shape index (κ3) is 4.46. The molecule has 4 heterocycles. The van der Waals surface area contributed by atoms with Crippen LogP contribution in [-0.2, 0) is 11.3 Å². The lowest BCUT2D eigenvalue weighted by molar-refractivity contribution is -0.132. The zero-order valence-electron chi connectivity index (χ0n) is 19.6. The van der Waals surface area contributed by atoms with E-state index in [2.05, 4.69) is 26.7 Å². The van der Waals surface area contributed by atoms with E-state index in [1.165, 1.54) is 28.7 Å².